The summed E-state index contributed by atoms with van der Waals surface area (Å²) in [6, 6.07) is 6.19. The second-order valence-corrected chi connectivity index (χ2v) is 6.50. The summed E-state index contributed by atoms with van der Waals surface area (Å²) in [7, 11) is 0. The number of thioether (sulfide) groups is 1. The Balaban J connectivity index is 2.03. The van der Waals surface area contributed by atoms with E-state index in [9.17, 15) is 14.0 Å². The van der Waals surface area contributed by atoms with Crippen LogP contribution in [0.3, 0.4) is 0 Å². The van der Waals surface area contributed by atoms with Crippen molar-refractivity contribution in [3.8, 4) is 0 Å². The predicted molar refractivity (Wildman–Crippen MR) is 92.1 cm³/mol. The number of rotatable bonds is 6. The minimum Gasteiger partial charge on any atom is -0.466 e. The van der Waals surface area contributed by atoms with E-state index in [1.54, 1.807) is 18.2 Å². The molecule has 4 nitrogen and oxygen atoms in total. The zero-order chi connectivity index (χ0) is 16.8. The average Bonchev–Trinajstić information content (AvgIpc) is 2.79. The smallest absolute Gasteiger partial charge is 0.307 e. The number of thiocarbonyl (C=S) groups is 1. The van der Waals surface area contributed by atoms with Crippen molar-refractivity contribution in [3.05, 3.63) is 40.6 Å². The van der Waals surface area contributed by atoms with Crippen LogP contribution in [-0.2, 0) is 14.3 Å². The van der Waals surface area contributed by atoms with Gasteiger partial charge in [-0.1, -0.05) is 49.1 Å². The van der Waals surface area contributed by atoms with Crippen LogP contribution in [0.2, 0.25) is 0 Å². The molecule has 1 fully saturated rings. The highest BCUT2D eigenvalue weighted by Crippen LogP contribution is 2.32. The fraction of sp³-hybridized carbons (Fsp3) is 0.312. The first-order valence-electron chi connectivity index (χ1n) is 7.18. The maximum atomic E-state index is 13.7. The fourth-order valence-electron chi connectivity index (χ4n) is 1.92. The molecule has 0 bridgehead atoms. The number of ether oxygens (including phenoxy) is 1. The summed E-state index contributed by atoms with van der Waals surface area (Å²) in [6.07, 6.45) is 2.31. The van der Waals surface area contributed by atoms with Gasteiger partial charge < -0.3 is 4.74 Å². The van der Waals surface area contributed by atoms with E-state index in [4.69, 9.17) is 17.0 Å². The molecule has 1 heterocycles. The Hall–Kier alpha value is -1.73. The summed E-state index contributed by atoms with van der Waals surface area (Å²) in [6.45, 7) is 2.44. The Morgan fingerprint density at radius 1 is 1.43 bits per heavy atom. The molecular weight excluding hydrogens is 337 g/mol. The average molecular weight is 353 g/mol. The van der Waals surface area contributed by atoms with E-state index in [0.717, 1.165) is 18.2 Å². The second kappa shape index (κ2) is 8.21. The fourth-order valence-corrected chi connectivity index (χ4v) is 3.22. The van der Waals surface area contributed by atoms with E-state index in [0.29, 0.717) is 21.4 Å². The van der Waals surface area contributed by atoms with E-state index >= 15 is 0 Å². The summed E-state index contributed by atoms with van der Waals surface area (Å²) in [5, 5.41) is 0. The first-order chi connectivity index (χ1) is 11.0. The van der Waals surface area contributed by atoms with Gasteiger partial charge >= 0.3 is 5.97 Å². The third-order valence-electron chi connectivity index (χ3n) is 3.07. The van der Waals surface area contributed by atoms with Crippen LogP contribution >= 0.6 is 24.0 Å². The van der Waals surface area contributed by atoms with Crippen molar-refractivity contribution < 1.29 is 18.7 Å². The van der Waals surface area contributed by atoms with Crippen LogP contribution < -0.4 is 0 Å². The molecule has 7 heteroatoms. The van der Waals surface area contributed by atoms with Crippen molar-refractivity contribution in [1.29, 1.82) is 0 Å². The zero-order valence-electron chi connectivity index (χ0n) is 12.6. The lowest BCUT2D eigenvalue weighted by atomic mass is 10.2. The van der Waals surface area contributed by atoms with Crippen LogP contribution in [0.1, 0.15) is 25.3 Å². The summed E-state index contributed by atoms with van der Waals surface area (Å²) in [5.41, 5.74) is 0.329. The number of nitrogens with zero attached hydrogens (tertiary/aromatic N) is 1. The molecule has 2 rings (SSSR count). The number of hydrogen-bond acceptors (Lipinski definition) is 5. The molecule has 1 saturated heterocycles. The van der Waals surface area contributed by atoms with E-state index < -0.39 is 5.82 Å². The first-order valence-corrected chi connectivity index (χ1v) is 8.41. The van der Waals surface area contributed by atoms with Crippen LogP contribution in [-0.4, -0.2) is 34.2 Å². The number of esters is 1. The van der Waals surface area contributed by atoms with E-state index in [-0.39, 0.29) is 24.8 Å². The maximum absolute atomic E-state index is 13.7. The van der Waals surface area contributed by atoms with Crippen LogP contribution in [0.15, 0.2) is 29.2 Å². The number of halogens is 1. The highest BCUT2D eigenvalue weighted by molar-refractivity contribution is 8.26. The molecule has 0 radical (unpaired) electrons. The number of hydrogen-bond donors (Lipinski definition) is 0. The lowest BCUT2D eigenvalue weighted by Crippen LogP contribution is -2.30. The summed E-state index contributed by atoms with van der Waals surface area (Å²) in [5.74, 6) is -1.08. The second-order valence-electron chi connectivity index (χ2n) is 4.83. The van der Waals surface area contributed by atoms with Gasteiger partial charge in [0.15, 0.2) is 0 Å². The van der Waals surface area contributed by atoms with Crippen molar-refractivity contribution in [2.75, 3.05) is 13.2 Å². The summed E-state index contributed by atoms with van der Waals surface area (Å²) >= 11 is 6.27. The van der Waals surface area contributed by atoms with Gasteiger partial charge in [0.1, 0.15) is 10.1 Å². The normalized spacial score (nSPS) is 16.3. The molecule has 0 unspecified atom stereocenters. The molecule has 0 spiro atoms. The van der Waals surface area contributed by atoms with Crippen molar-refractivity contribution in [2.24, 2.45) is 0 Å². The van der Waals surface area contributed by atoms with Crippen molar-refractivity contribution in [2.45, 2.75) is 19.8 Å². The lowest BCUT2D eigenvalue weighted by Gasteiger charge is -2.13. The Labute approximate surface area is 143 Å². The minimum absolute atomic E-state index is 0.0828. The SMILES string of the molecule is CCCOC(=O)CCN1C(=O)C(=Cc2ccccc2F)SC1=S. The molecule has 1 aromatic carbocycles. The largest absolute Gasteiger partial charge is 0.466 e. The van der Waals surface area contributed by atoms with E-state index in [1.807, 2.05) is 6.92 Å². The van der Waals surface area contributed by atoms with Crippen molar-refractivity contribution in [1.82, 2.24) is 4.90 Å². The monoisotopic (exact) mass is 353 g/mol. The topological polar surface area (TPSA) is 46.6 Å². The standard InChI is InChI=1S/C16H16FNO3S2/c1-2-9-21-14(19)7-8-18-15(20)13(23-16(18)22)10-11-5-3-4-6-12(11)17/h3-6,10H,2,7-9H2,1H3. The third kappa shape index (κ3) is 4.62. The van der Waals surface area contributed by atoms with Gasteiger partial charge in [-0.05, 0) is 18.6 Å². The summed E-state index contributed by atoms with van der Waals surface area (Å²) < 4.78 is 19.0. The molecule has 0 saturated carbocycles. The number of amides is 1. The van der Waals surface area contributed by atoms with Gasteiger partial charge in [0, 0.05) is 12.1 Å². The zero-order valence-corrected chi connectivity index (χ0v) is 14.2. The van der Waals surface area contributed by atoms with Crippen LogP contribution in [0, 0.1) is 5.82 Å². The molecule has 1 aliphatic heterocycles. The first kappa shape index (κ1) is 17.6. The Morgan fingerprint density at radius 3 is 2.87 bits per heavy atom. The Kier molecular flexibility index (Phi) is 6.29. The van der Waals surface area contributed by atoms with E-state index in [1.165, 1.54) is 17.0 Å². The summed E-state index contributed by atoms with van der Waals surface area (Å²) in [4.78, 5) is 25.5. The minimum atomic E-state index is -0.402. The highest BCUT2D eigenvalue weighted by Gasteiger charge is 2.32. The molecule has 122 valence electrons. The number of benzene rings is 1. The van der Waals surface area contributed by atoms with Crippen molar-refractivity contribution in [3.63, 3.8) is 0 Å². The number of carbonyl (C=O) groups excluding carboxylic acids is 2. The van der Waals surface area contributed by atoms with Crippen LogP contribution in [0.5, 0.6) is 0 Å². The maximum Gasteiger partial charge on any atom is 0.307 e. The molecule has 0 atom stereocenters. The quantitative estimate of drug-likeness (QED) is 0.446. The Morgan fingerprint density at radius 2 is 2.17 bits per heavy atom. The van der Waals surface area contributed by atoms with Crippen LogP contribution in [0.25, 0.3) is 6.08 Å². The van der Waals surface area contributed by atoms with E-state index in [2.05, 4.69) is 0 Å². The van der Waals surface area contributed by atoms with Gasteiger partial charge in [-0.25, -0.2) is 4.39 Å². The van der Waals surface area contributed by atoms with Gasteiger partial charge in [-0.15, -0.1) is 0 Å². The molecule has 0 N–H and O–H groups in total. The highest BCUT2D eigenvalue weighted by atomic mass is 32.2. The van der Waals surface area contributed by atoms with Gasteiger partial charge in [-0.3, -0.25) is 14.5 Å². The molecule has 23 heavy (non-hydrogen) atoms. The van der Waals surface area contributed by atoms with Gasteiger partial charge in [0.2, 0.25) is 0 Å². The van der Waals surface area contributed by atoms with Gasteiger partial charge in [0.05, 0.1) is 17.9 Å². The molecule has 1 aromatic rings. The Bertz CT molecular complexity index is 660. The molecular formula is C16H16FNO3S2. The van der Waals surface area contributed by atoms with Crippen molar-refractivity contribution >= 4 is 46.3 Å². The van der Waals surface area contributed by atoms with Crippen LogP contribution in [0.4, 0.5) is 4.39 Å². The molecule has 0 aliphatic carbocycles. The molecule has 0 aromatic heterocycles. The molecule has 1 amide bonds. The third-order valence-corrected chi connectivity index (χ3v) is 4.45. The van der Waals surface area contributed by atoms with Gasteiger partial charge in [-0.2, -0.15) is 0 Å². The lowest BCUT2D eigenvalue weighted by molar-refractivity contribution is -0.143. The van der Waals surface area contributed by atoms with Gasteiger partial charge in [0.25, 0.3) is 5.91 Å². The number of carbonyl (C=O) groups is 2. The molecule has 1 aliphatic rings. The predicted octanol–water partition coefficient (Wildman–Crippen LogP) is 3.37.